The Bertz CT molecular complexity index is 1220. The van der Waals surface area contributed by atoms with E-state index in [1.807, 2.05) is 32.9 Å². The summed E-state index contributed by atoms with van der Waals surface area (Å²) in [7, 11) is 1.28. The third-order valence-corrected chi connectivity index (χ3v) is 8.59. The lowest BCUT2D eigenvalue weighted by Crippen LogP contribution is -2.45. The summed E-state index contributed by atoms with van der Waals surface area (Å²) in [6.45, 7) is 8.96. The highest BCUT2D eigenvalue weighted by atomic mass is 16.5. The Morgan fingerprint density at radius 2 is 1.86 bits per heavy atom. The van der Waals surface area contributed by atoms with E-state index in [0.29, 0.717) is 24.1 Å². The summed E-state index contributed by atoms with van der Waals surface area (Å²) >= 11 is 0. The summed E-state index contributed by atoms with van der Waals surface area (Å²) in [5.74, 6) is -0.262. The number of hydrogen-bond donors (Lipinski definition) is 1. The Labute approximate surface area is 252 Å². The van der Waals surface area contributed by atoms with Crippen LogP contribution in [0.2, 0.25) is 0 Å². The lowest BCUT2D eigenvalue weighted by atomic mass is 9.91. The average Bonchev–Trinajstić information content (AvgIpc) is 3.58. The molecular weight excluding hydrogens is 556 g/mol. The van der Waals surface area contributed by atoms with Gasteiger partial charge >= 0.3 is 5.97 Å². The van der Waals surface area contributed by atoms with Crippen molar-refractivity contribution in [3.63, 3.8) is 0 Å². The molecule has 0 radical (unpaired) electrons. The highest BCUT2D eigenvalue weighted by molar-refractivity contribution is 5.89. The molecule has 12 heteroatoms. The number of piperidine rings is 1. The van der Waals surface area contributed by atoms with Crippen molar-refractivity contribution in [1.29, 1.82) is 0 Å². The van der Waals surface area contributed by atoms with Crippen molar-refractivity contribution in [2.24, 2.45) is 5.92 Å². The highest BCUT2D eigenvalue weighted by Crippen LogP contribution is 2.33. The van der Waals surface area contributed by atoms with Crippen molar-refractivity contribution in [3.8, 4) is 11.8 Å². The van der Waals surface area contributed by atoms with Crippen LogP contribution in [0.4, 0.5) is 0 Å². The number of aryl methyl sites for hydroxylation is 1. The first-order valence-electron chi connectivity index (χ1n) is 15.3. The van der Waals surface area contributed by atoms with Gasteiger partial charge in [-0.05, 0) is 42.5 Å². The molecule has 1 amide bonds. The largest absolute Gasteiger partial charge is 0.474 e. The van der Waals surface area contributed by atoms with Crippen LogP contribution in [0.3, 0.4) is 0 Å². The van der Waals surface area contributed by atoms with Gasteiger partial charge in [0, 0.05) is 63.8 Å². The van der Waals surface area contributed by atoms with Gasteiger partial charge in [-0.15, -0.1) is 0 Å². The van der Waals surface area contributed by atoms with Crippen LogP contribution in [-0.2, 0) is 19.1 Å². The Morgan fingerprint density at radius 3 is 2.56 bits per heavy atom. The van der Waals surface area contributed by atoms with E-state index in [9.17, 15) is 14.7 Å². The van der Waals surface area contributed by atoms with Crippen molar-refractivity contribution in [1.82, 2.24) is 19.9 Å². The normalized spacial score (nSPS) is 25.4. The van der Waals surface area contributed by atoms with Gasteiger partial charge in [-0.3, -0.25) is 9.69 Å². The van der Waals surface area contributed by atoms with Crippen LogP contribution in [-0.4, -0.2) is 107 Å². The minimum absolute atomic E-state index is 0.0718. The van der Waals surface area contributed by atoms with Crippen LogP contribution in [0.25, 0.3) is 0 Å². The molecule has 2 aromatic rings. The summed E-state index contributed by atoms with van der Waals surface area (Å²) in [4.78, 5) is 33.7. The number of aliphatic hydroxyl groups excluding tert-OH is 1. The first kappa shape index (κ1) is 31.2. The topological polar surface area (TPSA) is 137 Å². The summed E-state index contributed by atoms with van der Waals surface area (Å²) < 4.78 is 28.5. The number of carbonyl (C=O) groups excluding carboxylic acids is 2. The molecule has 236 valence electrons. The van der Waals surface area contributed by atoms with Crippen LogP contribution in [0.1, 0.15) is 63.2 Å². The number of carbonyl (C=O) groups is 2. The number of ether oxygens (including phenoxy) is 4. The average molecular weight is 601 g/mol. The molecule has 12 nitrogen and oxygen atoms in total. The van der Waals surface area contributed by atoms with Gasteiger partial charge in [-0.2, -0.15) is 0 Å². The van der Waals surface area contributed by atoms with E-state index in [2.05, 4.69) is 15.0 Å². The van der Waals surface area contributed by atoms with E-state index < -0.39 is 24.0 Å². The van der Waals surface area contributed by atoms with E-state index in [1.54, 1.807) is 12.3 Å². The molecule has 2 saturated heterocycles. The van der Waals surface area contributed by atoms with Crippen LogP contribution < -0.4 is 9.47 Å². The fourth-order valence-electron chi connectivity index (χ4n) is 6.11. The van der Waals surface area contributed by atoms with Crippen molar-refractivity contribution >= 4 is 11.9 Å². The molecule has 1 N–H and O–H groups in total. The van der Waals surface area contributed by atoms with Crippen molar-refractivity contribution < 1.29 is 38.2 Å². The third kappa shape index (κ3) is 7.84. The lowest BCUT2D eigenvalue weighted by Gasteiger charge is -2.39. The molecule has 2 aliphatic heterocycles. The maximum absolute atomic E-state index is 13.5. The quantitative estimate of drug-likeness (QED) is 0.360. The molecule has 3 fully saturated rings. The van der Waals surface area contributed by atoms with Gasteiger partial charge in [0.25, 0.3) is 5.88 Å². The second-order valence-corrected chi connectivity index (χ2v) is 12.2. The monoisotopic (exact) mass is 600 g/mol. The lowest BCUT2D eigenvalue weighted by molar-refractivity contribution is -0.152. The smallest absolute Gasteiger partial charge is 0.328 e. The number of esters is 1. The molecule has 1 aliphatic carbocycles. The molecule has 0 aromatic carbocycles. The van der Waals surface area contributed by atoms with Gasteiger partial charge in [0.05, 0.1) is 25.4 Å². The maximum Gasteiger partial charge on any atom is 0.328 e. The molecule has 4 heterocycles. The minimum Gasteiger partial charge on any atom is -0.474 e. The zero-order valence-corrected chi connectivity index (χ0v) is 25.5. The Morgan fingerprint density at radius 1 is 1.09 bits per heavy atom. The molecule has 0 bridgehead atoms. The van der Waals surface area contributed by atoms with Gasteiger partial charge in [-0.1, -0.05) is 13.8 Å². The number of likely N-dealkylation sites (tertiary alicyclic amines) is 2. The Kier molecular flexibility index (Phi) is 10.2. The van der Waals surface area contributed by atoms with Crippen LogP contribution in [0.15, 0.2) is 28.9 Å². The van der Waals surface area contributed by atoms with Crippen molar-refractivity contribution in [3.05, 3.63) is 35.7 Å². The summed E-state index contributed by atoms with van der Waals surface area (Å²) in [5, 5.41) is 14.1. The van der Waals surface area contributed by atoms with E-state index in [4.69, 9.17) is 23.5 Å². The molecular formula is C31H44N4O8. The molecule has 5 rings (SSSR count). The Balaban J connectivity index is 1.02. The molecule has 0 unspecified atom stereocenters. The SMILES string of the molecule is COC(=O)[C@@H]1C[C@@H](O)CN1C(=O)[C@@H](c1cc(OCCN2CCC(OC3CC(Oc4cc(C)ccn4)C3)CC2)no1)C(C)C. The molecule has 43 heavy (non-hydrogen) atoms. The zero-order valence-electron chi connectivity index (χ0n) is 25.5. The fraction of sp³-hybridized carbons (Fsp3) is 0.677. The number of aliphatic hydroxyl groups is 1. The summed E-state index contributed by atoms with van der Waals surface area (Å²) in [6.07, 6.45) is 5.59. The molecule has 3 atom stereocenters. The van der Waals surface area contributed by atoms with E-state index in [0.717, 1.165) is 50.9 Å². The van der Waals surface area contributed by atoms with Gasteiger partial charge in [0.15, 0.2) is 5.76 Å². The number of nitrogens with zero attached hydrogens (tertiary/aromatic N) is 4. The standard InChI is InChI=1S/C31H44N4O8/c1-19(2)29(30(37)35-18-21(36)14-25(35)31(38)39-4)26-17-28(33-43-26)40-12-11-34-9-6-22(7-10-34)41-23-15-24(16-23)42-27-13-20(3)5-8-32-27/h5,8,13,17,19,21-25,29,36H,6-7,9-12,14-16,18H2,1-4H3/t21-,23?,24?,25+,29-/m1/s1. The van der Waals surface area contributed by atoms with Gasteiger partial charge < -0.3 is 33.5 Å². The van der Waals surface area contributed by atoms with E-state index >= 15 is 0 Å². The minimum atomic E-state index is -0.817. The number of pyridine rings is 1. The number of hydrogen-bond acceptors (Lipinski definition) is 11. The second kappa shape index (κ2) is 14.0. The van der Waals surface area contributed by atoms with Crippen LogP contribution in [0.5, 0.6) is 11.8 Å². The number of amides is 1. The third-order valence-electron chi connectivity index (χ3n) is 8.59. The number of methoxy groups -OCH3 is 1. The second-order valence-electron chi connectivity index (χ2n) is 12.2. The number of β-amino-alcohol motifs (C(OH)–C–C–N with tert-alkyl or cyclic N) is 1. The Hall–Kier alpha value is -3.22. The highest BCUT2D eigenvalue weighted by Gasteiger charge is 2.44. The van der Waals surface area contributed by atoms with Gasteiger partial charge in [0.1, 0.15) is 24.7 Å². The molecule has 1 saturated carbocycles. The van der Waals surface area contributed by atoms with E-state index in [1.165, 1.54) is 12.0 Å². The fourth-order valence-corrected chi connectivity index (χ4v) is 6.11. The summed E-state index contributed by atoms with van der Waals surface area (Å²) in [5.41, 5.74) is 1.14. The van der Waals surface area contributed by atoms with Gasteiger partial charge in [-0.25, -0.2) is 9.78 Å². The predicted molar refractivity (Wildman–Crippen MR) is 155 cm³/mol. The molecule has 2 aromatic heterocycles. The molecule has 3 aliphatic rings. The predicted octanol–water partition coefficient (Wildman–Crippen LogP) is 2.72. The first-order valence-corrected chi connectivity index (χ1v) is 15.3. The summed E-state index contributed by atoms with van der Waals surface area (Å²) in [6, 6.07) is 4.75. The zero-order chi connectivity index (χ0) is 30.5. The number of aromatic nitrogens is 2. The van der Waals surface area contributed by atoms with Gasteiger partial charge in [0.2, 0.25) is 11.8 Å². The van der Waals surface area contributed by atoms with Crippen LogP contribution >= 0.6 is 0 Å². The van der Waals surface area contributed by atoms with Crippen LogP contribution in [0, 0.1) is 12.8 Å². The first-order chi connectivity index (χ1) is 20.7. The maximum atomic E-state index is 13.5. The number of rotatable bonds is 12. The van der Waals surface area contributed by atoms with Crippen molar-refractivity contribution in [2.75, 3.05) is 39.9 Å². The van der Waals surface area contributed by atoms with E-state index in [-0.39, 0.29) is 43.1 Å². The molecule has 0 spiro atoms. The van der Waals surface area contributed by atoms with Crippen molar-refractivity contribution in [2.45, 2.75) is 89.3 Å².